The molecule has 0 saturated heterocycles. The lowest BCUT2D eigenvalue weighted by atomic mass is 9.98. The molecule has 1 aromatic carbocycles. The third-order valence-electron chi connectivity index (χ3n) is 3.19. The van der Waals surface area contributed by atoms with Crippen molar-refractivity contribution in [1.29, 1.82) is 0 Å². The number of aryl methyl sites for hydroxylation is 2. The summed E-state index contributed by atoms with van der Waals surface area (Å²) in [6.45, 7) is 6.03. The molecule has 0 N–H and O–H groups in total. The van der Waals surface area contributed by atoms with Crippen LogP contribution in [0.4, 0.5) is 0 Å². The average Bonchev–Trinajstić information content (AvgIpc) is 2.23. The van der Waals surface area contributed by atoms with E-state index < -0.39 is 0 Å². The third-order valence-corrected chi connectivity index (χ3v) is 3.19. The van der Waals surface area contributed by atoms with Crippen molar-refractivity contribution in [3.63, 3.8) is 0 Å². The number of carbonyl (C=O) groups excluding carboxylic acids is 1. The largest absolute Gasteiger partial charge is 0.300 e. The van der Waals surface area contributed by atoms with E-state index in [0.29, 0.717) is 5.78 Å². The van der Waals surface area contributed by atoms with Gasteiger partial charge in [-0.3, -0.25) is 0 Å². The molecule has 0 aliphatic carbocycles. The average molecular weight is 218 g/mol. The standard InChI is InChI=1S/C15H22O/c1-12-8-7-11-15(14(12)3)10-6-4-5-9-13(2)16/h7-8,11H,4-6,9-10H2,1-3H3. The van der Waals surface area contributed by atoms with Crippen LogP contribution in [-0.2, 0) is 11.2 Å². The minimum Gasteiger partial charge on any atom is -0.300 e. The SMILES string of the molecule is CC(=O)CCCCCc1cccc(C)c1C. The molecule has 0 spiro atoms. The summed E-state index contributed by atoms with van der Waals surface area (Å²) in [4.78, 5) is 10.8. The van der Waals surface area contributed by atoms with Crippen molar-refractivity contribution >= 4 is 5.78 Å². The summed E-state index contributed by atoms with van der Waals surface area (Å²) in [7, 11) is 0. The summed E-state index contributed by atoms with van der Waals surface area (Å²) in [5.74, 6) is 0.312. The van der Waals surface area contributed by atoms with Gasteiger partial charge in [0.05, 0.1) is 0 Å². The van der Waals surface area contributed by atoms with E-state index in [9.17, 15) is 4.79 Å². The fourth-order valence-electron chi connectivity index (χ4n) is 1.95. The van der Waals surface area contributed by atoms with Gasteiger partial charge in [-0.1, -0.05) is 24.6 Å². The molecule has 0 bridgehead atoms. The van der Waals surface area contributed by atoms with Gasteiger partial charge in [0.1, 0.15) is 5.78 Å². The van der Waals surface area contributed by atoms with Gasteiger partial charge in [-0.15, -0.1) is 0 Å². The zero-order valence-electron chi connectivity index (χ0n) is 10.7. The highest BCUT2D eigenvalue weighted by atomic mass is 16.1. The maximum absolute atomic E-state index is 10.8. The Morgan fingerprint density at radius 2 is 1.88 bits per heavy atom. The fourth-order valence-corrected chi connectivity index (χ4v) is 1.95. The molecule has 16 heavy (non-hydrogen) atoms. The van der Waals surface area contributed by atoms with Gasteiger partial charge in [-0.05, 0) is 56.7 Å². The summed E-state index contributed by atoms with van der Waals surface area (Å²) < 4.78 is 0. The Bertz CT molecular complexity index is 352. The first-order valence-corrected chi connectivity index (χ1v) is 6.16. The molecular weight excluding hydrogens is 196 g/mol. The van der Waals surface area contributed by atoms with Crippen LogP contribution >= 0.6 is 0 Å². The molecule has 0 aliphatic heterocycles. The van der Waals surface area contributed by atoms with Crippen molar-refractivity contribution in [2.45, 2.75) is 52.9 Å². The molecule has 88 valence electrons. The lowest BCUT2D eigenvalue weighted by Gasteiger charge is -2.08. The number of hydrogen-bond acceptors (Lipinski definition) is 1. The van der Waals surface area contributed by atoms with E-state index in [4.69, 9.17) is 0 Å². The van der Waals surface area contributed by atoms with E-state index in [1.807, 2.05) is 0 Å². The van der Waals surface area contributed by atoms with Gasteiger partial charge < -0.3 is 4.79 Å². The predicted octanol–water partition coefficient (Wildman–Crippen LogP) is 4.00. The van der Waals surface area contributed by atoms with Crippen molar-refractivity contribution in [3.05, 3.63) is 34.9 Å². The van der Waals surface area contributed by atoms with Crippen molar-refractivity contribution in [2.24, 2.45) is 0 Å². The second-order valence-electron chi connectivity index (χ2n) is 4.62. The minimum absolute atomic E-state index is 0.312. The molecule has 0 amide bonds. The summed E-state index contributed by atoms with van der Waals surface area (Å²) in [6, 6.07) is 6.51. The number of ketones is 1. The van der Waals surface area contributed by atoms with Crippen LogP contribution in [0.5, 0.6) is 0 Å². The van der Waals surface area contributed by atoms with Gasteiger partial charge in [-0.25, -0.2) is 0 Å². The molecule has 0 fully saturated rings. The van der Waals surface area contributed by atoms with Crippen LogP contribution in [0.15, 0.2) is 18.2 Å². The van der Waals surface area contributed by atoms with Gasteiger partial charge in [0.25, 0.3) is 0 Å². The first-order chi connectivity index (χ1) is 7.61. The number of carbonyl (C=O) groups is 1. The molecule has 0 aromatic heterocycles. The van der Waals surface area contributed by atoms with E-state index in [-0.39, 0.29) is 0 Å². The maximum Gasteiger partial charge on any atom is 0.129 e. The Labute approximate surface area is 98.9 Å². The lowest BCUT2D eigenvalue weighted by molar-refractivity contribution is -0.117. The molecule has 0 aliphatic rings. The van der Waals surface area contributed by atoms with Crippen molar-refractivity contribution in [1.82, 2.24) is 0 Å². The monoisotopic (exact) mass is 218 g/mol. The maximum atomic E-state index is 10.8. The number of benzene rings is 1. The van der Waals surface area contributed by atoms with Gasteiger partial charge >= 0.3 is 0 Å². The number of hydrogen-bond donors (Lipinski definition) is 0. The Hall–Kier alpha value is -1.11. The van der Waals surface area contributed by atoms with E-state index in [1.54, 1.807) is 6.92 Å². The zero-order valence-corrected chi connectivity index (χ0v) is 10.7. The van der Waals surface area contributed by atoms with Gasteiger partial charge in [0.15, 0.2) is 0 Å². The quantitative estimate of drug-likeness (QED) is 0.660. The highest BCUT2D eigenvalue weighted by molar-refractivity contribution is 5.75. The number of unbranched alkanes of at least 4 members (excludes halogenated alkanes) is 2. The normalized spacial score (nSPS) is 10.4. The fraction of sp³-hybridized carbons (Fsp3) is 0.533. The van der Waals surface area contributed by atoms with E-state index in [1.165, 1.54) is 23.1 Å². The third kappa shape index (κ3) is 4.18. The first-order valence-electron chi connectivity index (χ1n) is 6.16. The van der Waals surface area contributed by atoms with Crippen LogP contribution in [0.25, 0.3) is 0 Å². The van der Waals surface area contributed by atoms with E-state index in [0.717, 1.165) is 25.7 Å². The van der Waals surface area contributed by atoms with Crippen LogP contribution in [0.1, 0.15) is 49.3 Å². The molecule has 0 saturated carbocycles. The van der Waals surface area contributed by atoms with Crippen molar-refractivity contribution in [3.8, 4) is 0 Å². The summed E-state index contributed by atoms with van der Waals surface area (Å²) in [5.41, 5.74) is 4.26. The van der Waals surface area contributed by atoms with E-state index in [2.05, 4.69) is 32.0 Å². The second kappa shape index (κ2) is 6.47. The van der Waals surface area contributed by atoms with Crippen LogP contribution in [0.3, 0.4) is 0 Å². The summed E-state index contributed by atoms with van der Waals surface area (Å²) in [5, 5.41) is 0. The Morgan fingerprint density at radius 1 is 1.12 bits per heavy atom. The lowest BCUT2D eigenvalue weighted by Crippen LogP contribution is -1.94. The van der Waals surface area contributed by atoms with Crippen LogP contribution < -0.4 is 0 Å². The van der Waals surface area contributed by atoms with Crippen LogP contribution in [-0.4, -0.2) is 5.78 Å². The van der Waals surface area contributed by atoms with Crippen molar-refractivity contribution < 1.29 is 4.79 Å². The highest BCUT2D eigenvalue weighted by Crippen LogP contribution is 2.15. The number of Topliss-reactive ketones (excluding diaryl/α,β-unsaturated/α-hetero) is 1. The first kappa shape index (κ1) is 13.0. The van der Waals surface area contributed by atoms with Gasteiger partial charge in [-0.2, -0.15) is 0 Å². The topological polar surface area (TPSA) is 17.1 Å². The Balaban J connectivity index is 2.32. The van der Waals surface area contributed by atoms with Gasteiger partial charge in [0, 0.05) is 6.42 Å². The number of rotatable bonds is 6. The van der Waals surface area contributed by atoms with E-state index >= 15 is 0 Å². The molecule has 0 atom stereocenters. The molecule has 0 radical (unpaired) electrons. The Morgan fingerprint density at radius 3 is 2.56 bits per heavy atom. The summed E-state index contributed by atoms with van der Waals surface area (Å²) >= 11 is 0. The molecule has 1 rings (SSSR count). The minimum atomic E-state index is 0.312. The molecule has 1 heteroatoms. The molecule has 1 aromatic rings. The van der Waals surface area contributed by atoms with Crippen LogP contribution in [0, 0.1) is 13.8 Å². The summed E-state index contributed by atoms with van der Waals surface area (Å²) in [6.07, 6.45) is 5.28. The molecule has 0 unspecified atom stereocenters. The van der Waals surface area contributed by atoms with Crippen molar-refractivity contribution in [2.75, 3.05) is 0 Å². The highest BCUT2D eigenvalue weighted by Gasteiger charge is 2.00. The zero-order chi connectivity index (χ0) is 12.0. The smallest absolute Gasteiger partial charge is 0.129 e. The molecule has 0 heterocycles. The second-order valence-corrected chi connectivity index (χ2v) is 4.62. The molecule has 1 nitrogen and oxygen atoms in total. The predicted molar refractivity (Wildman–Crippen MR) is 68.8 cm³/mol. The Kier molecular flexibility index (Phi) is 5.24. The van der Waals surface area contributed by atoms with Gasteiger partial charge in [0.2, 0.25) is 0 Å². The molecular formula is C15H22O. The van der Waals surface area contributed by atoms with Crippen LogP contribution in [0.2, 0.25) is 0 Å².